The fourth-order valence-corrected chi connectivity index (χ4v) is 7.16. The fraction of sp³-hybridized carbons (Fsp3) is 0. The predicted molar refractivity (Wildman–Crippen MR) is 191 cm³/mol. The summed E-state index contributed by atoms with van der Waals surface area (Å²) in [5.74, 6) is -1.34. The molecule has 3 nitrogen and oxygen atoms in total. The summed E-state index contributed by atoms with van der Waals surface area (Å²) in [5, 5.41) is 14.2. The highest BCUT2D eigenvalue weighted by atomic mass is 19.1. The number of para-hydroxylation sites is 3. The van der Waals surface area contributed by atoms with E-state index in [0.29, 0.717) is 16.7 Å². The minimum absolute atomic E-state index is 0.366. The summed E-state index contributed by atoms with van der Waals surface area (Å²) in [7, 11) is 0. The van der Waals surface area contributed by atoms with Crippen molar-refractivity contribution in [2.24, 2.45) is 0 Å². The van der Waals surface area contributed by atoms with E-state index in [1.165, 1.54) is 33.9 Å². The van der Waals surface area contributed by atoms with Crippen molar-refractivity contribution in [2.75, 3.05) is 0 Å². The molecule has 0 atom stereocenters. The Morgan fingerprint density at radius 2 is 0.979 bits per heavy atom. The van der Waals surface area contributed by atoms with E-state index in [9.17, 15) is 14.0 Å². The van der Waals surface area contributed by atoms with Crippen LogP contribution in [0.5, 0.6) is 0 Å². The minimum atomic E-state index is -0.672. The molecule has 48 heavy (non-hydrogen) atoms. The summed E-state index contributed by atoms with van der Waals surface area (Å²) in [4.78, 5) is 0. The predicted octanol–water partition coefficient (Wildman–Crippen LogP) is 11.4. The van der Waals surface area contributed by atoms with Gasteiger partial charge in [-0.05, 0) is 89.5 Å². The van der Waals surface area contributed by atoms with Crippen molar-refractivity contribution in [2.45, 2.75) is 0 Å². The Morgan fingerprint density at radius 1 is 0.438 bits per heavy atom. The fourth-order valence-electron chi connectivity index (χ4n) is 7.16. The largest absolute Gasteiger partial charge is 0.309 e. The molecule has 0 saturated carbocycles. The van der Waals surface area contributed by atoms with Crippen LogP contribution in [0.1, 0.15) is 5.56 Å². The van der Waals surface area contributed by atoms with E-state index in [2.05, 4.69) is 112 Å². The summed E-state index contributed by atoms with van der Waals surface area (Å²) in [6, 6.07) is 51.1. The highest BCUT2D eigenvalue weighted by molar-refractivity contribution is 6.11. The maximum atomic E-state index is 14.4. The molecule has 0 aliphatic carbocycles. The van der Waals surface area contributed by atoms with Gasteiger partial charge in [-0.3, -0.25) is 0 Å². The number of nitrogens with zero attached hydrogens (tertiary/aromatic N) is 3. The van der Waals surface area contributed by atoms with E-state index in [-0.39, 0.29) is 0 Å². The summed E-state index contributed by atoms with van der Waals surface area (Å²) < 4.78 is 33.2. The van der Waals surface area contributed by atoms with Crippen LogP contribution in [-0.2, 0) is 0 Å². The van der Waals surface area contributed by atoms with Crippen molar-refractivity contribution < 1.29 is 8.78 Å². The Hall–Kier alpha value is -6.51. The molecule has 2 heterocycles. The molecule has 5 heteroatoms. The molecular weight excluding hydrogens is 596 g/mol. The maximum absolute atomic E-state index is 14.4. The highest BCUT2D eigenvalue weighted by Crippen LogP contribution is 2.39. The number of benzene rings is 7. The molecule has 2 aromatic heterocycles. The Balaban J connectivity index is 1.20. The third-order valence-corrected chi connectivity index (χ3v) is 9.25. The lowest BCUT2D eigenvalue weighted by Gasteiger charge is -2.15. The van der Waals surface area contributed by atoms with E-state index in [1.807, 2.05) is 24.3 Å². The standard InChI is InChI=1S/C43H25F2N3/c44-31-22-30(23-32(45)25-31)37-21-27(26-46)13-19-42(37)48-41-12-6-3-9-36(41)38-24-29(16-20-43(38)48)28-14-17-33(18-15-28)47-39-10-4-1-7-34(39)35-8-2-5-11-40(35)47/h1-25H. The maximum Gasteiger partial charge on any atom is 0.126 e. The van der Waals surface area contributed by atoms with Crippen molar-refractivity contribution in [3.8, 4) is 39.7 Å². The second kappa shape index (κ2) is 10.8. The van der Waals surface area contributed by atoms with Crippen molar-refractivity contribution >= 4 is 43.6 Å². The van der Waals surface area contributed by atoms with Crippen LogP contribution in [0, 0.1) is 23.0 Å². The van der Waals surface area contributed by atoms with Crippen LogP contribution >= 0.6 is 0 Å². The zero-order valence-corrected chi connectivity index (χ0v) is 25.5. The number of hydrogen-bond donors (Lipinski definition) is 0. The van der Waals surface area contributed by atoms with Gasteiger partial charge in [0.25, 0.3) is 0 Å². The minimum Gasteiger partial charge on any atom is -0.309 e. The van der Waals surface area contributed by atoms with Gasteiger partial charge in [-0.1, -0.05) is 72.8 Å². The van der Waals surface area contributed by atoms with E-state index in [4.69, 9.17) is 0 Å². The third kappa shape index (κ3) is 4.31. The Labute approximate surface area is 274 Å². The molecule has 7 aromatic carbocycles. The van der Waals surface area contributed by atoms with E-state index in [1.54, 1.807) is 12.1 Å². The lowest BCUT2D eigenvalue weighted by atomic mass is 10.00. The molecular formula is C43H25F2N3. The van der Waals surface area contributed by atoms with E-state index < -0.39 is 11.6 Å². The van der Waals surface area contributed by atoms with Crippen LogP contribution in [-0.4, -0.2) is 9.13 Å². The van der Waals surface area contributed by atoms with Crippen LogP contribution in [0.4, 0.5) is 8.78 Å². The van der Waals surface area contributed by atoms with Gasteiger partial charge in [-0.2, -0.15) is 5.26 Å². The Morgan fingerprint density at radius 3 is 1.60 bits per heavy atom. The van der Waals surface area contributed by atoms with Crippen molar-refractivity contribution in [3.63, 3.8) is 0 Å². The lowest BCUT2D eigenvalue weighted by Crippen LogP contribution is -1.98. The second-order valence-electron chi connectivity index (χ2n) is 12.0. The molecule has 9 rings (SSSR count). The van der Waals surface area contributed by atoms with Gasteiger partial charge in [0.15, 0.2) is 0 Å². The Bertz CT molecular complexity index is 2690. The molecule has 0 spiro atoms. The lowest BCUT2D eigenvalue weighted by molar-refractivity contribution is 0.584. The quantitative estimate of drug-likeness (QED) is 0.192. The molecule has 0 aliphatic rings. The molecule has 0 saturated heterocycles. The van der Waals surface area contributed by atoms with Gasteiger partial charge in [0.05, 0.1) is 39.4 Å². The average molecular weight is 622 g/mol. The van der Waals surface area contributed by atoms with Crippen LogP contribution in [0.15, 0.2) is 152 Å². The molecule has 0 unspecified atom stereocenters. The summed E-state index contributed by atoms with van der Waals surface area (Å²) in [5.41, 5.74) is 9.58. The molecule has 0 fully saturated rings. The topological polar surface area (TPSA) is 33.6 Å². The van der Waals surface area contributed by atoms with Gasteiger partial charge in [0, 0.05) is 38.9 Å². The number of nitriles is 1. The molecule has 0 aliphatic heterocycles. The van der Waals surface area contributed by atoms with Gasteiger partial charge in [0.1, 0.15) is 11.6 Å². The first kappa shape index (κ1) is 27.8. The zero-order valence-electron chi connectivity index (χ0n) is 25.5. The first-order valence-electron chi connectivity index (χ1n) is 15.7. The first-order chi connectivity index (χ1) is 23.6. The third-order valence-electron chi connectivity index (χ3n) is 9.25. The zero-order chi connectivity index (χ0) is 32.4. The monoisotopic (exact) mass is 621 g/mol. The summed E-state index contributed by atoms with van der Waals surface area (Å²) in [6.45, 7) is 0. The Kier molecular flexibility index (Phi) is 6.24. The number of fused-ring (bicyclic) bond motifs is 6. The number of hydrogen-bond acceptors (Lipinski definition) is 1. The summed E-state index contributed by atoms with van der Waals surface area (Å²) >= 11 is 0. The van der Waals surface area contributed by atoms with Gasteiger partial charge < -0.3 is 9.13 Å². The molecule has 0 bridgehead atoms. The molecule has 0 radical (unpaired) electrons. The van der Waals surface area contributed by atoms with Gasteiger partial charge in [-0.15, -0.1) is 0 Å². The first-order valence-corrected chi connectivity index (χ1v) is 15.7. The number of aromatic nitrogens is 2. The van der Waals surface area contributed by atoms with Gasteiger partial charge in [0.2, 0.25) is 0 Å². The molecule has 9 aromatic rings. The number of rotatable bonds is 4. The second-order valence-corrected chi connectivity index (χ2v) is 12.0. The van der Waals surface area contributed by atoms with Crippen molar-refractivity contribution in [3.05, 3.63) is 169 Å². The van der Waals surface area contributed by atoms with E-state index >= 15 is 0 Å². The smallest absolute Gasteiger partial charge is 0.126 e. The summed E-state index contributed by atoms with van der Waals surface area (Å²) in [6.07, 6.45) is 0. The van der Waals surface area contributed by atoms with Crippen molar-refractivity contribution in [1.29, 1.82) is 5.26 Å². The van der Waals surface area contributed by atoms with Gasteiger partial charge in [-0.25, -0.2) is 8.78 Å². The van der Waals surface area contributed by atoms with Crippen LogP contribution in [0.2, 0.25) is 0 Å². The molecule has 0 amide bonds. The van der Waals surface area contributed by atoms with Crippen LogP contribution < -0.4 is 0 Å². The van der Waals surface area contributed by atoms with E-state index in [0.717, 1.165) is 50.4 Å². The SMILES string of the molecule is N#Cc1ccc(-n2c3ccccc3c3cc(-c4ccc(-n5c6ccccc6c6ccccc65)cc4)ccc32)c(-c2cc(F)cc(F)c2)c1. The van der Waals surface area contributed by atoms with Crippen LogP contribution in [0.3, 0.4) is 0 Å². The van der Waals surface area contributed by atoms with Gasteiger partial charge >= 0.3 is 0 Å². The molecule has 0 N–H and O–H groups in total. The normalized spacial score (nSPS) is 11.5. The number of halogens is 2. The van der Waals surface area contributed by atoms with Crippen molar-refractivity contribution in [1.82, 2.24) is 9.13 Å². The van der Waals surface area contributed by atoms with Crippen LogP contribution in [0.25, 0.3) is 77.2 Å². The average Bonchev–Trinajstić information content (AvgIpc) is 3.64. The molecule has 226 valence electrons. The highest BCUT2D eigenvalue weighted by Gasteiger charge is 2.18.